The molecular formula is C11H18N2O2. The fourth-order valence-electron chi connectivity index (χ4n) is 0.890. The minimum absolute atomic E-state index is 0.0875. The SMILES string of the molecule is CC.CON(C)C(=O)Cc1cccnc1. The molecule has 1 heterocycles. The molecule has 0 saturated heterocycles. The Kier molecular flexibility index (Phi) is 7.18. The smallest absolute Gasteiger partial charge is 0.250 e. The maximum Gasteiger partial charge on any atom is 0.250 e. The average Bonchev–Trinajstić information content (AvgIpc) is 2.32. The van der Waals surface area contributed by atoms with Crippen LogP contribution in [0, 0.1) is 0 Å². The summed E-state index contributed by atoms with van der Waals surface area (Å²) >= 11 is 0. The number of rotatable bonds is 3. The third-order valence-electron chi connectivity index (χ3n) is 1.70. The molecule has 0 N–H and O–H groups in total. The second kappa shape index (κ2) is 7.94. The number of nitrogens with zero attached hydrogens (tertiary/aromatic N) is 2. The fourth-order valence-corrected chi connectivity index (χ4v) is 0.890. The third-order valence-corrected chi connectivity index (χ3v) is 1.70. The van der Waals surface area contributed by atoms with Crippen molar-refractivity contribution in [3.63, 3.8) is 0 Å². The molecule has 0 radical (unpaired) electrons. The summed E-state index contributed by atoms with van der Waals surface area (Å²) in [5.74, 6) is -0.0875. The first-order valence-electron chi connectivity index (χ1n) is 4.93. The highest BCUT2D eigenvalue weighted by Gasteiger charge is 2.07. The van der Waals surface area contributed by atoms with Gasteiger partial charge in [0, 0.05) is 19.4 Å². The summed E-state index contributed by atoms with van der Waals surface area (Å²) in [6, 6.07) is 3.66. The van der Waals surface area contributed by atoms with Gasteiger partial charge in [0.2, 0.25) is 5.91 Å². The van der Waals surface area contributed by atoms with E-state index in [9.17, 15) is 4.79 Å². The van der Waals surface area contributed by atoms with Crippen LogP contribution < -0.4 is 0 Å². The van der Waals surface area contributed by atoms with Gasteiger partial charge in [-0.3, -0.25) is 14.6 Å². The third kappa shape index (κ3) is 5.12. The van der Waals surface area contributed by atoms with Crippen molar-refractivity contribution in [1.29, 1.82) is 0 Å². The first-order chi connectivity index (χ1) is 7.24. The zero-order chi connectivity index (χ0) is 11.7. The van der Waals surface area contributed by atoms with Gasteiger partial charge in [0.05, 0.1) is 13.5 Å². The molecule has 1 aromatic rings. The molecule has 0 aliphatic carbocycles. The zero-order valence-electron chi connectivity index (χ0n) is 9.73. The van der Waals surface area contributed by atoms with Crippen LogP contribution in [0.25, 0.3) is 0 Å². The van der Waals surface area contributed by atoms with Crippen LogP contribution in [0.2, 0.25) is 0 Å². The quantitative estimate of drug-likeness (QED) is 0.713. The van der Waals surface area contributed by atoms with E-state index >= 15 is 0 Å². The van der Waals surface area contributed by atoms with E-state index in [2.05, 4.69) is 4.98 Å². The standard InChI is InChI=1S/C9H12N2O2.C2H6/c1-11(13-2)9(12)6-8-4-3-5-10-7-8;1-2/h3-5,7H,6H2,1-2H3;1-2H3. The van der Waals surface area contributed by atoms with E-state index < -0.39 is 0 Å². The minimum atomic E-state index is -0.0875. The number of carbonyl (C=O) groups excluding carboxylic acids is 1. The lowest BCUT2D eigenvalue weighted by Crippen LogP contribution is -2.26. The maximum absolute atomic E-state index is 11.3. The van der Waals surface area contributed by atoms with Crippen LogP contribution >= 0.6 is 0 Å². The number of likely N-dealkylation sites (N-methyl/N-ethyl adjacent to an activating group) is 1. The van der Waals surface area contributed by atoms with Crippen LogP contribution in [0.1, 0.15) is 19.4 Å². The highest BCUT2D eigenvalue weighted by atomic mass is 16.7. The summed E-state index contributed by atoms with van der Waals surface area (Å²) in [6.07, 6.45) is 3.66. The predicted octanol–water partition coefficient (Wildman–Crippen LogP) is 1.67. The molecule has 0 fully saturated rings. The van der Waals surface area contributed by atoms with E-state index in [1.807, 2.05) is 19.9 Å². The maximum atomic E-state index is 11.3. The Hall–Kier alpha value is -1.42. The van der Waals surface area contributed by atoms with Crippen molar-refractivity contribution in [3.05, 3.63) is 30.1 Å². The van der Waals surface area contributed by atoms with Gasteiger partial charge in [0.15, 0.2) is 0 Å². The zero-order valence-corrected chi connectivity index (χ0v) is 9.73. The molecule has 15 heavy (non-hydrogen) atoms. The Bertz CT molecular complexity index is 275. The predicted molar refractivity (Wildman–Crippen MR) is 59.1 cm³/mol. The average molecular weight is 210 g/mol. The van der Waals surface area contributed by atoms with Crippen molar-refractivity contribution in [2.45, 2.75) is 20.3 Å². The second-order valence-corrected chi connectivity index (χ2v) is 2.61. The lowest BCUT2D eigenvalue weighted by molar-refractivity contribution is -0.167. The first kappa shape index (κ1) is 13.6. The minimum Gasteiger partial charge on any atom is -0.275 e. The van der Waals surface area contributed by atoms with E-state index in [4.69, 9.17) is 4.84 Å². The summed E-state index contributed by atoms with van der Waals surface area (Å²) in [6.45, 7) is 4.00. The lowest BCUT2D eigenvalue weighted by Gasteiger charge is -2.12. The van der Waals surface area contributed by atoms with Crippen LogP contribution in [-0.4, -0.2) is 30.1 Å². The number of hydrogen-bond acceptors (Lipinski definition) is 3. The molecule has 1 aromatic heterocycles. The van der Waals surface area contributed by atoms with Crippen molar-refractivity contribution in [2.75, 3.05) is 14.2 Å². The lowest BCUT2D eigenvalue weighted by atomic mass is 10.2. The molecule has 0 atom stereocenters. The van der Waals surface area contributed by atoms with Gasteiger partial charge in [-0.2, -0.15) is 0 Å². The fraction of sp³-hybridized carbons (Fsp3) is 0.455. The van der Waals surface area contributed by atoms with E-state index in [1.165, 1.54) is 12.2 Å². The van der Waals surface area contributed by atoms with Crippen LogP contribution in [0.3, 0.4) is 0 Å². The normalized spacial score (nSPS) is 8.80. The van der Waals surface area contributed by atoms with E-state index in [0.29, 0.717) is 6.42 Å². The highest BCUT2D eigenvalue weighted by molar-refractivity contribution is 5.77. The largest absolute Gasteiger partial charge is 0.275 e. The first-order valence-corrected chi connectivity index (χ1v) is 4.93. The summed E-state index contributed by atoms with van der Waals surface area (Å²) in [4.78, 5) is 20.0. The Balaban J connectivity index is 0.000000921. The Morgan fingerprint density at radius 3 is 2.67 bits per heavy atom. The van der Waals surface area contributed by atoms with Gasteiger partial charge in [0.1, 0.15) is 0 Å². The molecular weight excluding hydrogens is 192 g/mol. The van der Waals surface area contributed by atoms with Gasteiger partial charge in [-0.25, -0.2) is 5.06 Å². The van der Waals surface area contributed by atoms with Crippen molar-refractivity contribution < 1.29 is 9.63 Å². The number of amides is 1. The second-order valence-electron chi connectivity index (χ2n) is 2.61. The molecule has 0 unspecified atom stereocenters. The summed E-state index contributed by atoms with van der Waals surface area (Å²) in [5, 5.41) is 1.20. The van der Waals surface area contributed by atoms with E-state index in [1.54, 1.807) is 25.5 Å². The molecule has 4 nitrogen and oxygen atoms in total. The van der Waals surface area contributed by atoms with Crippen LogP contribution in [0.5, 0.6) is 0 Å². The number of carbonyl (C=O) groups is 1. The Labute approximate surface area is 90.8 Å². The molecule has 1 rings (SSSR count). The monoisotopic (exact) mass is 210 g/mol. The van der Waals surface area contributed by atoms with Gasteiger partial charge in [-0.1, -0.05) is 19.9 Å². The molecule has 0 saturated carbocycles. The van der Waals surface area contributed by atoms with Crippen LogP contribution in [-0.2, 0) is 16.1 Å². The van der Waals surface area contributed by atoms with Crippen LogP contribution in [0.15, 0.2) is 24.5 Å². The number of pyridine rings is 1. The molecule has 1 amide bonds. The number of aromatic nitrogens is 1. The molecule has 0 aliphatic heterocycles. The highest BCUT2D eigenvalue weighted by Crippen LogP contribution is 1.99. The van der Waals surface area contributed by atoms with Gasteiger partial charge >= 0.3 is 0 Å². The Morgan fingerprint density at radius 2 is 2.20 bits per heavy atom. The van der Waals surface area contributed by atoms with Gasteiger partial charge in [-0.05, 0) is 11.6 Å². The number of hydroxylamine groups is 2. The molecule has 4 heteroatoms. The van der Waals surface area contributed by atoms with Gasteiger partial charge < -0.3 is 0 Å². The van der Waals surface area contributed by atoms with E-state index in [0.717, 1.165) is 5.56 Å². The molecule has 0 bridgehead atoms. The van der Waals surface area contributed by atoms with Crippen molar-refractivity contribution in [2.24, 2.45) is 0 Å². The van der Waals surface area contributed by atoms with Crippen LogP contribution in [0.4, 0.5) is 0 Å². The van der Waals surface area contributed by atoms with Crippen molar-refractivity contribution in [1.82, 2.24) is 10.0 Å². The van der Waals surface area contributed by atoms with Gasteiger partial charge in [-0.15, -0.1) is 0 Å². The molecule has 84 valence electrons. The van der Waals surface area contributed by atoms with Gasteiger partial charge in [0.25, 0.3) is 0 Å². The topological polar surface area (TPSA) is 42.4 Å². The van der Waals surface area contributed by atoms with Crippen molar-refractivity contribution in [3.8, 4) is 0 Å². The van der Waals surface area contributed by atoms with E-state index in [-0.39, 0.29) is 5.91 Å². The number of hydrogen-bond donors (Lipinski definition) is 0. The molecule has 0 aromatic carbocycles. The summed E-state index contributed by atoms with van der Waals surface area (Å²) in [5.41, 5.74) is 0.886. The van der Waals surface area contributed by atoms with Crippen molar-refractivity contribution >= 4 is 5.91 Å². The molecule has 0 aliphatic rings. The summed E-state index contributed by atoms with van der Waals surface area (Å²) < 4.78 is 0. The summed E-state index contributed by atoms with van der Waals surface area (Å²) in [7, 11) is 3.04. The molecule has 0 spiro atoms. The Morgan fingerprint density at radius 1 is 1.53 bits per heavy atom.